The van der Waals surface area contributed by atoms with Crippen LogP contribution in [0.15, 0.2) is 54.6 Å². The van der Waals surface area contributed by atoms with Gasteiger partial charge in [0.2, 0.25) is 0 Å². The van der Waals surface area contributed by atoms with E-state index < -0.39 is 0 Å². The molecule has 0 saturated heterocycles. The molecule has 0 spiro atoms. The molecule has 180 valence electrons. The molecule has 0 atom stereocenters. The SMILES string of the molecule is CCCCCCc1cc(CCCCCC)cc(C2(C)c3cc(C)ccc3-c3ccc(C)cc32)c1. The molecule has 0 heteroatoms. The van der Waals surface area contributed by atoms with E-state index in [9.17, 15) is 0 Å². The van der Waals surface area contributed by atoms with Gasteiger partial charge >= 0.3 is 0 Å². The smallest absolute Gasteiger partial charge is 0.0435 e. The summed E-state index contributed by atoms with van der Waals surface area (Å²) in [6, 6.07) is 21.8. The Morgan fingerprint density at radius 3 is 1.47 bits per heavy atom. The summed E-state index contributed by atoms with van der Waals surface area (Å²) in [6.07, 6.45) is 13.0. The average molecular weight is 453 g/mol. The normalized spacial score (nSPS) is 13.7. The number of hydrogen-bond acceptors (Lipinski definition) is 0. The van der Waals surface area contributed by atoms with E-state index in [4.69, 9.17) is 0 Å². The monoisotopic (exact) mass is 452 g/mol. The summed E-state index contributed by atoms with van der Waals surface area (Å²) in [6.45, 7) is 11.5. The van der Waals surface area contributed by atoms with Gasteiger partial charge in [0.25, 0.3) is 0 Å². The lowest BCUT2D eigenvalue weighted by molar-refractivity contribution is 0.656. The molecular formula is C34H44. The minimum Gasteiger partial charge on any atom is -0.0654 e. The van der Waals surface area contributed by atoms with Crippen LogP contribution in [0.3, 0.4) is 0 Å². The third kappa shape index (κ3) is 5.02. The maximum Gasteiger partial charge on any atom is 0.0435 e. The first kappa shape index (κ1) is 24.8. The van der Waals surface area contributed by atoms with Gasteiger partial charge in [-0.15, -0.1) is 0 Å². The Bertz CT molecular complexity index is 1040. The van der Waals surface area contributed by atoms with Crippen molar-refractivity contribution >= 4 is 0 Å². The molecule has 4 rings (SSSR count). The van der Waals surface area contributed by atoms with Crippen molar-refractivity contribution in [1.82, 2.24) is 0 Å². The molecule has 0 aliphatic heterocycles. The Kier molecular flexibility index (Phi) is 7.97. The van der Waals surface area contributed by atoms with Crippen molar-refractivity contribution in [3.63, 3.8) is 0 Å². The van der Waals surface area contributed by atoms with Crippen LogP contribution in [0.1, 0.15) is 111 Å². The third-order valence-corrected chi connectivity index (χ3v) is 7.99. The van der Waals surface area contributed by atoms with E-state index in [1.807, 2.05) is 0 Å². The Morgan fingerprint density at radius 2 is 1.03 bits per heavy atom. The number of hydrogen-bond donors (Lipinski definition) is 0. The number of aryl methyl sites for hydroxylation is 4. The van der Waals surface area contributed by atoms with Crippen LogP contribution in [0.25, 0.3) is 11.1 Å². The molecule has 0 radical (unpaired) electrons. The van der Waals surface area contributed by atoms with Crippen LogP contribution >= 0.6 is 0 Å². The number of unbranched alkanes of at least 4 members (excludes halogenated alkanes) is 6. The summed E-state index contributed by atoms with van der Waals surface area (Å²) in [7, 11) is 0. The van der Waals surface area contributed by atoms with Crippen molar-refractivity contribution in [2.75, 3.05) is 0 Å². The number of rotatable bonds is 11. The Hall–Kier alpha value is -2.34. The molecule has 34 heavy (non-hydrogen) atoms. The van der Waals surface area contributed by atoms with E-state index in [-0.39, 0.29) is 5.41 Å². The maximum atomic E-state index is 2.55. The van der Waals surface area contributed by atoms with E-state index in [1.54, 1.807) is 0 Å². The van der Waals surface area contributed by atoms with Crippen molar-refractivity contribution < 1.29 is 0 Å². The zero-order valence-corrected chi connectivity index (χ0v) is 22.3. The lowest BCUT2D eigenvalue weighted by Gasteiger charge is -2.30. The predicted octanol–water partition coefficient (Wildman–Crippen LogP) is 9.88. The highest BCUT2D eigenvalue weighted by molar-refractivity contribution is 5.83. The van der Waals surface area contributed by atoms with Crippen LogP contribution in [0, 0.1) is 13.8 Å². The van der Waals surface area contributed by atoms with Crippen LogP contribution in [-0.4, -0.2) is 0 Å². The highest BCUT2D eigenvalue weighted by Crippen LogP contribution is 2.53. The topological polar surface area (TPSA) is 0 Å². The first-order chi connectivity index (χ1) is 16.5. The highest BCUT2D eigenvalue weighted by atomic mass is 14.4. The van der Waals surface area contributed by atoms with E-state index >= 15 is 0 Å². The fraction of sp³-hybridized carbons (Fsp3) is 0.471. The first-order valence-electron chi connectivity index (χ1n) is 13.8. The van der Waals surface area contributed by atoms with Crippen LogP contribution in [0.5, 0.6) is 0 Å². The van der Waals surface area contributed by atoms with E-state index in [1.165, 1.54) is 114 Å². The molecule has 0 amide bonds. The minimum atomic E-state index is -0.0969. The maximum absolute atomic E-state index is 2.55. The van der Waals surface area contributed by atoms with Gasteiger partial charge in [0.05, 0.1) is 0 Å². The Morgan fingerprint density at radius 1 is 0.559 bits per heavy atom. The third-order valence-electron chi connectivity index (χ3n) is 7.99. The van der Waals surface area contributed by atoms with Gasteiger partial charge in [-0.2, -0.15) is 0 Å². The zero-order valence-electron chi connectivity index (χ0n) is 22.3. The molecule has 0 saturated carbocycles. The molecular weight excluding hydrogens is 408 g/mol. The van der Waals surface area contributed by atoms with Gasteiger partial charge in [-0.25, -0.2) is 0 Å². The first-order valence-corrected chi connectivity index (χ1v) is 13.8. The summed E-state index contributed by atoms with van der Waals surface area (Å²) >= 11 is 0. The second kappa shape index (κ2) is 10.9. The zero-order chi connectivity index (χ0) is 24.1. The summed E-state index contributed by atoms with van der Waals surface area (Å²) in [5.74, 6) is 0. The summed E-state index contributed by atoms with van der Waals surface area (Å²) in [5, 5.41) is 0. The molecule has 0 unspecified atom stereocenters. The van der Waals surface area contributed by atoms with Gasteiger partial charge in [0.15, 0.2) is 0 Å². The second-order valence-electron chi connectivity index (χ2n) is 10.9. The van der Waals surface area contributed by atoms with E-state index in [0.717, 1.165) is 0 Å². The predicted molar refractivity (Wildman–Crippen MR) is 149 cm³/mol. The molecule has 0 fully saturated rings. The number of fused-ring (bicyclic) bond motifs is 3. The van der Waals surface area contributed by atoms with Gasteiger partial charge in [0, 0.05) is 5.41 Å². The van der Waals surface area contributed by atoms with E-state index in [2.05, 4.69) is 89.2 Å². The van der Waals surface area contributed by atoms with Crippen molar-refractivity contribution in [1.29, 1.82) is 0 Å². The molecule has 0 bridgehead atoms. The fourth-order valence-corrected chi connectivity index (χ4v) is 5.92. The number of benzene rings is 3. The molecule has 0 heterocycles. The lowest BCUT2D eigenvalue weighted by Crippen LogP contribution is -2.23. The molecule has 1 aliphatic rings. The molecule has 0 nitrogen and oxygen atoms in total. The molecule has 1 aliphatic carbocycles. The quantitative estimate of drug-likeness (QED) is 0.254. The average Bonchev–Trinajstić information content (AvgIpc) is 3.08. The van der Waals surface area contributed by atoms with Crippen LogP contribution in [-0.2, 0) is 18.3 Å². The molecule has 0 N–H and O–H groups in total. The van der Waals surface area contributed by atoms with E-state index in [0.29, 0.717) is 0 Å². The standard InChI is InChI=1S/C34H44/c1-6-8-10-12-14-27-22-28(15-13-11-9-7-2)24-29(23-27)34(5)32-20-25(3)16-18-30(32)31-19-17-26(4)21-33(31)34/h16-24H,6-15H2,1-5H3. The van der Waals surface area contributed by atoms with Crippen LogP contribution < -0.4 is 0 Å². The van der Waals surface area contributed by atoms with Crippen molar-refractivity contribution in [2.45, 2.75) is 104 Å². The van der Waals surface area contributed by atoms with Crippen LogP contribution in [0.4, 0.5) is 0 Å². The largest absolute Gasteiger partial charge is 0.0654 e. The lowest BCUT2D eigenvalue weighted by atomic mass is 9.72. The molecule has 3 aromatic carbocycles. The minimum absolute atomic E-state index is 0.0969. The van der Waals surface area contributed by atoms with Gasteiger partial charge in [-0.3, -0.25) is 0 Å². The summed E-state index contributed by atoms with van der Waals surface area (Å²) < 4.78 is 0. The second-order valence-corrected chi connectivity index (χ2v) is 10.9. The van der Waals surface area contributed by atoms with Gasteiger partial charge in [-0.05, 0) is 85.4 Å². The van der Waals surface area contributed by atoms with Crippen molar-refractivity contribution in [3.05, 3.63) is 93.5 Å². The highest BCUT2D eigenvalue weighted by Gasteiger charge is 2.41. The molecule has 0 aromatic heterocycles. The Balaban J connectivity index is 1.79. The van der Waals surface area contributed by atoms with Gasteiger partial charge in [-0.1, -0.05) is 118 Å². The molecule has 3 aromatic rings. The van der Waals surface area contributed by atoms with Gasteiger partial charge < -0.3 is 0 Å². The summed E-state index contributed by atoms with van der Waals surface area (Å²) in [4.78, 5) is 0. The summed E-state index contributed by atoms with van der Waals surface area (Å²) in [5.41, 5.74) is 13.0. The Labute approximate surface area is 208 Å². The fourth-order valence-electron chi connectivity index (χ4n) is 5.92. The van der Waals surface area contributed by atoms with Crippen LogP contribution in [0.2, 0.25) is 0 Å². The van der Waals surface area contributed by atoms with Gasteiger partial charge in [0.1, 0.15) is 0 Å². The van der Waals surface area contributed by atoms with Crippen molar-refractivity contribution in [3.8, 4) is 11.1 Å². The van der Waals surface area contributed by atoms with Crippen molar-refractivity contribution in [2.24, 2.45) is 0 Å².